The number of ketones is 1. The fourth-order valence-corrected chi connectivity index (χ4v) is 5.13. The van der Waals surface area contributed by atoms with Crippen molar-refractivity contribution < 1.29 is 14.4 Å². The highest BCUT2D eigenvalue weighted by molar-refractivity contribution is 6.42. The van der Waals surface area contributed by atoms with Crippen molar-refractivity contribution in [1.29, 1.82) is 0 Å². The summed E-state index contributed by atoms with van der Waals surface area (Å²) in [6.45, 7) is 0. The van der Waals surface area contributed by atoms with Crippen molar-refractivity contribution >= 4 is 46.5 Å². The van der Waals surface area contributed by atoms with Crippen LogP contribution < -0.4 is 4.90 Å². The minimum absolute atomic E-state index is 0.0482. The molecule has 6 rings (SSSR count). The van der Waals surface area contributed by atoms with Gasteiger partial charge >= 0.3 is 0 Å². The Morgan fingerprint density at radius 2 is 1.54 bits per heavy atom. The Morgan fingerprint density at radius 1 is 0.846 bits per heavy atom. The van der Waals surface area contributed by atoms with Crippen LogP contribution in [-0.4, -0.2) is 17.6 Å². The third kappa shape index (κ3) is 1.94. The van der Waals surface area contributed by atoms with Gasteiger partial charge in [0.2, 0.25) is 11.8 Å². The predicted molar refractivity (Wildman–Crippen MR) is 97.5 cm³/mol. The lowest BCUT2D eigenvalue weighted by Gasteiger charge is -2.43. The molecule has 2 aromatic carbocycles. The Balaban J connectivity index is 1.65. The third-order valence-corrected chi connectivity index (χ3v) is 6.59. The molecule has 3 aliphatic carbocycles. The number of fused-ring (bicyclic) bond motifs is 1. The molecule has 26 heavy (non-hydrogen) atoms. The molecule has 1 saturated carbocycles. The van der Waals surface area contributed by atoms with Gasteiger partial charge in [-0.1, -0.05) is 47.5 Å². The van der Waals surface area contributed by atoms with Gasteiger partial charge in [0.15, 0.2) is 0 Å². The number of hydrogen-bond donors (Lipinski definition) is 0. The lowest BCUT2D eigenvalue weighted by Crippen LogP contribution is -2.44. The van der Waals surface area contributed by atoms with E-state index in [9.17, 15) is 14.4 Å². The first-order valence-electron chi connectivity index (χ1n) is 8.43. The number of amides is 2. The van der Waals surface area contributed by atoms with Crippen molar-refractivity contribution in [2.45, 2.75) is 18.3 Å². The molecule has 2 aromatic rings. The topological polar surface area (TPSA) is 54.5 Å². The SMILES string of the molecule is O=C1C[C@@H]2c3ccccc3[C@@H]1[C@H]1C(=O)N(c3ccc(Cl)c(Cl)c3)C(=O)[C@H]12. The van der Waals surface area contributed by atoms with E-state index < -0.39 is 17.8 Å². The van der Waals surface area contributed by atoms with Gasteiger partial charge in [0.1, 0.15) is 5.78 Å². The van der Waals surface area contributed by atoms with Crippen molar-refractivity contribution in [3.05, 3.63) is 63.6 Å². The summed E-state index contributed by atoms with van der Waals surface area (Å²) >= 11 is 12.0. The maximum atomic E-state index is 13.2. The molecule has 0 radical (unpaired) electrons. The van der Waals surface area contributed by atoms with E-state index in [1.165, 1.54) is 11.0 Å². The molecule has 1 aliphatic heterocycles. The summed E-state index contributed by atoms with van der Waals surface area (Å²) in [5.41, 5.74) is 2.32. The van der Waals surface area contributed by atoms with Gasteiger partial charge in [-0.05, 0) is 29.3 Å². The molecule has 130 valence electrons. The number of Topliss-reactive ketones (excluding diaryl/α,β-unsaturated/α-hetero) is 1. The van der Waals surface area contributed by atoms with Gasteiger partial charge in [-0.25, -0.2) is 4.90 Å². The van der Waals surface area contributed by atoms with Gasteiger partial charge in [-0.3, -0.25) is 14.4 Å². The van der Waals surface area contributed by atoms with Crippen LogP contribution in [0.3, 0.4) is 0 Å². The minimum Gasteiger partial charge on any atom is -0.299 e. The number of imide groups is 1. The van der Waals surface area contributed by atoms with Crippen LogP contribution in [0.25, 0.3) is 0 Å². The van der Waals surface area contributed by atoms with Crippen LogP contribution in [0, 0.1) is 11.8 Å². The largest absolute Gasteiger partial charge is 0.299 e. The Morgan fingerprint density at radius 3 is 2.27 bits per heavy atom. The van der Waals surface area contributed by atoms with Crippen LogP contribution in [0.1, 0.15) is 29.4 Å². The number of hydrogen-bond acceptors (Lipinski definition) is 3. The molecule has 4 aliphatic rings. The van der Waals surface area contributed by atoms with Gasteiger partial charge in [-0.15, -0.1) is 0 Å². The molecular weight excluding hydrogens is 373 g/mol. The summed E-state index contributed by atoms with van der Waals surface area (Å²) in [7, 11) is 0. The number of carbonyl (C=O) groups excluding carboxylic acids is 3. The zero-order valence-corrected chi connectivity index (χ0v) is 15.0. The number of halogens is 2. The van der Waals surface area contributed by atoms with E-state index in [1.54, 1.807) is 12.1 Å². The molecular formula is C20H13Cl2NO3. The summed E-state index contributed by atoms with van der Waals surface area (Å²) in [5, 5.41) is 0.636. The molecule has 0 N–H and O–H groups in total. The van der Waals surface area contributed by atoms with Crippen LogP contribution in [0.4, 0.5) is 5.69 Å². The van der Waals surface area contributed by atoms with Crippen LogP contribution in [-0.2, 0) is 14.4 Å². The standard InChI is InChI=1S/C20H13Cl2NO3/c21-13-6-5-9(7-14(13)22)23-19(25)17-12-8-15(24)16(18(17)20(23)26)11-4-2-1-3-10(11)12/h1-7,12,16-18H,8H2/t12-,16+,17+,18-/m1/s1. The lowest BCUT2D eigenvalue weighted by molar-refractivity contribution is -0.134. The van der Waals surface area contributed by atoms with Crippen molar-refractivity contribution in [2.24, 2.45) is 11.8 Å². The van der Waals surface area contributed by atoms with Crippen molar-refractivity contribution in [1.82, 2.24) is 0 Å². The molecule has 0 aromatic heterocycles. The molecule has 0 unspecified atom stereocenters. The van der Waals surface area contributed by atoms with Crippen molar-refractivity contribution in [3.8, 4) is 0 Å². The summed E-state index contributed by atoms with van der Waals surface area (Å²) in [5.74, 6) is -2.42. The second-order valence-electron chi connectivity index (χ2n) is 7.05. The molecule has 6 heteroatoms. The average Bonchev–Trinajstić information content (AvgIpc) is 2.90. The molecule has 1 heterocycles. The minimum atomic E-state index is -0.627. The first-order valence-corrected chi connectivity index (χ1v) is 9.19. The number of rotatable bonds is 1. The van der Waals surface area contributed by atoms with Gasteiger partial charge < -0.3 is 0 Å². The van der Waals surface area contributed by atoms with Crippen LogP contribution in [0.15, 0.2) is 42.5 Å². The molecule has 1 saturated heterocycles. The summed E-state index contributed by atoms with van der Waals surface area (Å²) in [6, 6.07) is 12.4. The zero-order chi connectivity index (χ0) is 18.2. The predicted octanol–water partition coefficient (Wildman–Crippen LogP) is 3.95. The number of benzene rings is 2. The number of nitrogens with zero attached hydrogens (tertiary/aromatic N) is 1. The maximum Gasteiger partial charge on any atom is 0.238 e. The van der Waals surface area contributed by atoms with E-state index in [0.717, 1.165) is 11.1 Å². The molecule has 4 atom stereocenters. The van der Waals surface area contributed by atoms with E-state index in [-0.39, 0.29) is 28.5 Å². The zero-order valence-electron chi connectivity index (χ0n) is 13.5. The Labute approximate surface area is 159 Å². The van der Waals surface area contributed by atoms with Gasteiger partial charge in [0.05, 0.1) is 33.5 Å². The average molecular weight is 386 g/mol. The summed E-state index contributed by atoms with van der Waals surface area (Å²) in [6.07, 6.45) is 0.317. The highest BCUT2D eigenvalue weighted by Crippen LogP contribution is 2.57. The van der Waals surface area contributed by atoms with Crippen LogP contribution in [0.2, 0.25) is 10.0 Å². The van der Waals surface area contributed by atoms with Gasteiger partial charge in [0, 0.05) is 12.3 Å². The van der Waals surface area contributed by atoms with Crippen molar-refractivity contribution in [3.63, 3.8) is 0 Å². The van der Waals surface area contributed by atoms with Crippen molar-refractivity contribution in [2.75, 3.05) is 4.90 Å². The number of carbonyl (C=O) groups is 3. The van der Waals surface area contributed by atoms with Crippen LogP contribution in [0.5, 0.6) is 0 Å². The van der Waals surface area contributed by atoms with E-state index in [4.69, 9.17) is 23.2 Å². The quantitative estimate of drug-likeness (QED) is 0.698. The molecule has 2 amide bonds. The fraction of sp³-hybridized carbons (Fsp3) is 0.250. The monoisotopic (exact) mass is 385 g/mol. The maximum absolute atomic E-state index is 13.2. The van der Waals surface area contributed by atoms with Gasteiger partial charge in [0.25, 0.3) is 0 Å². The second kappa shape index (κ2) is 5.41. The fourth-order valence-electron chi connectivity index (χ4n) is 4.84. The smallest absolute Gasteiger partial charge is 0.238 e. The molecule has 2 fully saturated rings. The van der Waals surface area contributed by atoms with E-state index in [0.29, 0.717) is 17.1 Å². The number of anilines is 1. The summed E-state index contributed by atoms with van der Waals surface area (Å²) in [4.78, 5) is 40.2. The molecule has 0 spiro atoms. The lowest BCUT2D eigenvalue weighted by atomic mass is 9.56. The Kier molecular flexibility index (Phi) is 3.34. The normalized spacial score (nSPS) is 29.2. The van der Waals surface area contributed by atoms with E-state index >= 15 is 0 Å². The molecule has 2 bridgehead atoms. The summed E-state index contributed by atoms with van der Waals surface area (Å²) < 4.78 is 0. The molecule has 4 nitrogen and oxygen atoms in total. The second-order valence-corrected chi connectivity index (χ2v) is 7.86. The third-order valence-electron chi connectivity index (χ3n) is 5.85. The van der Waals surface area contributed by atoms with E-state index in [2.05, 4.69) is 0 Å². The highest BCUT2D eigenvalue weighted by Gasteiger charge is 2.62. The Hall–Kier alpha value is -2.17. The van der Waals surface area contributed by atoms with Gasteiger partial charge in [-0.2, -0.15) is 0 Å². The first-order chi connectivity index (χ1) is 12.5. The highest BCUT2D eigenvalue weighted by atomic mass is 35.5. The van der Waals surface area contributed by atoms with E-state index in [1.807, 2.05) is 24.3 Å². The Bertz CT molecular complexity index is 1000. The van der Waals surface area contributed by atoms with Crippen LogP contribution >= 0.6 is 23.2 Å². The first kappa shape index (κ1) is 16.0.